The minimum absolute atomic E-state index is 0.472. The van der Waals surface area contributed by atoms with Crippen LogP contribution < -0.4 is 15.8 Å². The van der Waals surface area contributed by atoms with Gasteiger partial charge in [-0.05, 0) is 42.5 Å². The second-order valence-corrected chi connectivity index (χ2v) is 6.67. The number of fused-ring (bicyclic) bond motifs is 2. The molecule has 0 bridgehead atoms. The molecule has 5 rings (SSSR count). The van der Waals surface area contributed by atoms with Crippen LogP contribution in [-0.2, 0) is 0 Å². The number of hydrogen-bond acceptors (Lipinski definition) is 6. The molecule has 3 aromatic heterocycles. The van der Waals surface area contributed by atoms with Gasteiger partial charge in [-0.15, -0.1) is 0 Å². The number of aromatic nitrogens is 4. The lowest BCUT2D eigenvalue weighted by atomic mass is 10.0. The molecule has 0 aliphatic rings. The van der Waals surface area contributed by atoms with Crippen LogP contribution in [0.5, 0.6) is 5.75 Å². The van der Waals surface area contributed by atoms with Crippen LogP contribution in [0.4, 0.5) is 17.3 Å². The van der Waals surface area contributed by atoms with E-state index in [1.165, 1.54) is 0 Å². The number of nitrogen functional groups attached to an aromatic ring is 1. The first-order chi connectivity index (χ1) is 14.2. The molecule has 0 aliphatic carbocycles. The molecule has 4 N–H and O–H groups in total. The van der Waals surface area contributed by atoms with E-state index in [4.69, 9.17) is 10.5 Å². The Labute approximate surface area is 166 Å². The van der Waals surface area contributed by atoms with Gasteiger partial charge in [0.05, 0.1) is 12.6 Å². The van der Waals surface area contributed by atoms with Gasteiger partial charge in [0.1, 0.15) is 23.7 Å². The number of pyridine rings is 1. The molecule has 0 saturated heterocycles. The van der Waals surface area contributed by atoms with Crippen molar-refractivity contribution < 1.29 is 4.74 Å². The van der Waals surface area contributed by atoms with Gasteiger partial charge >= 0.3 is 0 Å². The van der Waals surface area contributed by atoms with Crippen molar-refractivity contribution in [3.05, 3.63) is 67.3 Å². The second kappa shape index (κ2) is 6.79. The van der Waals surface area contributed by atoms with Crippen molar-refractivity contribution in [2.75, 3.05) is 18.2 Å². The molecule has 0 saturated carbocycles. The zero-order valence-corrected chi connectivity index (χ0v) is 15.7. The van der Waals surface area contributed by atoms with Gasteiger partial charge in [-0.1, -0.05) is 0 Å². The molecule has 0 amide bonds. The standard InChI is InChI=1S/C22H18N6O/c1-29-20-10-19-17(9-16(20)14-2-5-21(23)25-11-14)22(27-12-26-19)28-15-3-4-18-13(8-15)6-7-24-18/h2-12,24H,1H3,(H2,23,25)(H,26,27,28). The molecular weight excluding hydrogens is 364 g/mol. The van der Waals surface area contributed by atoms with E-state index >= 15 is 0 Å². The normalized spacial score (nSPS) is 11.1. The van der Waals surface area contributed by atoms with E-state index in [0.717, 1.165) is 44.4 Å². The quantitative estimate of drug-likeness (QED) is 0.423. The highest BCUT2D eigenvalue weighted by molar-refractivity contribution is 5.96. The lowest BCUT2D eigenvalue weighted by Crippen LogP contribution is -1.98. The van der Waals surface area contributed by atoms with Crippen LogP contribution in [0, 0.1) is 0 Å². The molecular formula is C22H18N6O. The summed E-state index contributed by atoms with van der Waals surface area (Å²) in [5, 5.41) is 5.42. The van der Waals surface area contributed by atoms with Crippen LogP contribution in [-0.4, -0.2) is 27.0 Å². The first kappa shape index (κ1) is 17.0. The maximum absolute atomic E-state index is 5.73. The van der Waals surface area contributed by atoms with Crippen molar-refractivity contribution in [2.24, 2.45) is 0 Å². The number of H-pyrrole nitrogens is 1. The average Bonchev–Trinajstić information content (AvgIpc) is 3.21. The van der Waals surface area contributed by atoms with Crippen molar-refractivity contribution in [3.8, 4) is 16.9 Å². The van der Waals surface area contributed by atoms with E-state index in [1.807, 2.05) is 42.6 Å². The third-order valence-electron chi connectivity index (χ3n) is 4.87. The molecule has 0 unspecified atom stereocenters. The Kier molecular flexibility index (Phi) is 3.98. The van der Waals surface area contributed by atoms with Gasteiger partial charge in [0.2, 0.25) is 0 Å². The third-order valence-corrected chi connectivity index (χ3v) is 4.87. The summed E-state index contributed by atoms with van der Waals surface area (Å²) in [4.78, 5) is 16.3. The second-order valence-electron chi connectivity index (χ2n) is 6.67. The fourth-order valence-electron chi connectivity index (χ4n) is 3.41. The minimum Gasteiger partial charge on any atom is -0.496 e. The molecule has 2 aromatic carbocycles. The third kappa shape index (κ3) is 3.08. The van der Waals surface area contributed by atoms with Gasteiger partial charge < -0.3 is 20.8 Å². The number of aromatic amines is 1. The number of nitrogens with two attached hydrogens (primary N) is 1. The summed E-state index contributed by atoms with van der Waals surface area (Å²) in [6.45, 7) is 0. The number of nitrogens with one attached hydrogen (secondary N) is 2. The summed E-state index contributed by atoms with van der Waals surface area (Å²) in [5.41, 5.74) is 10.4. The Hall–Kier alpha value is -4.13. The number of ether oxygens (including phenoxy) is 1. The summed E-state index contributed by atoms with van der Waals surface area (Å²) >= 11 is 0. The van der Waals surface area contributed by atoms with Crippen molar-refractivity contribution >= 4 is 39.1 Å². The van der Waals surface area contributed by atoms with Gasteiger partial charge in [-0.2, -0.15) is 0 Å². The predicted octanol–water partition coefficient (Wildman–Crippen LogP) is 4.51. The van der Waals surface area contributed by atoms with E-state index in [1.54, 1.807) is 25.7 Å². The highest BCUT2D eigenvalue weighted by atomic mass is 16.5. The fraction of sp³-hybridized carbons (Fsp3) is 0.0455. The van der Waals surface area contributed by atoms with Crippen LogP contribution in [0.25, 0.3) is 32.9 Å². The molecule has 0 spiro atoms. The number of rotatable bonds is 4. The number of methoxy groups -OCH3 is 1. The predicted molar refractivity (Wildman–Crippen MR) is 115 cm³/mol. The average molecular weight is 382 g/mol. The summed E-state index contributed by atoms with van der Waals surface area (Å²) in [6.07, 6.45) is 5.20. The summed E-state index contributed by atoms with van der Waals surface area (Å²) < 4.78 is 5.59. The van der Waals surface area contributed by atoms with E-state index < -0.39 is 0 Å². The molecule has 0 radical (unpaired) electrons. The van der Waals surface area contributed by atoms with E-state index in [-0.39, 0.29) is 0 Å². The van der Waals surface area contributed by atoms with Gasteiger partial charge in [-0.3, -0.25) is 0 Å². The topological polar surface area (TPSA) is 102 Å². The Morgan fingerprint density at radius 3 is 2.76 bits per heavy atom. The molecule has 3 heterocycles. The smallest absolute Gasteiger partial charge is 0.141 e. The Bertz CT molecular complexity index is 1330. The monoisotopic (exact) mass is 382 g/mol. The van der Waals surface area contributed by atoms with Crippen molar-refractivity contribution in [1.29, 1.82) is 0 Å². The van der Waals surface area contributed by atoms with Crippen LogP contribution in [0.3, 0.4) is 0 Å². The van der Waals surface area contributed by atoms with Crippen molar-refractivity contribution in [2.45, 2.75) is 0 Å². The molecule has 0 atom stereocenters. The van der Waals surface area contributed by atoms with Gasteiger partial charge in [0, 0.05) is 51.6 Å². The molecule has 0 aliphatic heterocycles. The Morgan fingerprint density at radius 1 is 1.00 bits per heavy atom. The van der Waals surface area contributed by atoms with E-state index in [9.17, 15) is 0 Å². The van der Waals surface area contributed by atoms with Crippen LogP contribution in [0.1, 0.15) is 0 Å². The molecule has 142 valence electrons. The number of nitrogens with zero attached hydrogens (tertiary/aromatic N) is 3. The highest BCUT2D eigenvalue weighted by Gasteiger charge is 2.13. The lowest BCUT2D eigenvalue weighted by molar-refractivity contribution is 0.417. The molecule has 7 heteroatoms. The van der Waals surface area contributed by atoms with Crippen molar-refractivity contribution in [3.63, 3.8) is 0 Å². The molecule has 29 heavy (non-hydrogen) atoms. The van der Waals surface area contributed by atoms with Crippen LogP contribution in [0.2, 0.25) is 0 Å². The van der Waals surface area contributed by atoms with Gasteiger partial charge in [0.15, 0.2) is 0 Å². The van der Waals surface area contributed by atoms with Crippen LogP contribution in [0.15, 0.2) is 67.3 Å². The Morgan fingerprint density at radius 2 is 1.93 bits per heavy atom. The number of anilines is 3. The minimum atomic E-state index is 0.472. The maximum Gasteiger partial charge on any atom is 0.141 e. The summed E-state index contributed by atoms with van der Waals surface area (Å²) in [6, 6.07) is 15.8. The van der Waals surface area contributed by atoms with Gasteiger partial charge in [-0.25, -0.2) is 15.0 Å². The largest absolute Gasteiger partial charge is 0.496 e. The van der Waals surface area contributed by atoms with Crippen molar-refractivity contribution in [1.82, 2.24) is 19.9 Å². The van der Waals surface area contributed by atoms with Gasteiger partial charge in [0.25, 0.3) is 0 Å². The number of hydrogen-bond donors (Lipinski definition) is 3. The first-order valence-corrected chi connectivity index (χ1v) is 9.10. The maximum atomic E-state index is 5.73. The summed E-state index contributed by atoms with van der Waals surface area (Å²) in [5.74, 6) is 1.90. The SMILES string of the molecule is COc1cc2ncnc(Nc3ccc4[nH]ccc4c3)c2cc1-c1ccc(N)nc1. The number of benzene rings is 2. The molecule has 5 aromatic rings. The van der Waals surface area contributed by atoms with E-state index in [0.29, 0.717) is 11.6 Å². The zero-order chi connectivity index (χ0) is 19.8. The van der Waals surface area contributed by atoms with Crippen LogP contribution >= 0.6 is 0 Å². The zero-order valence-electron chi connectivity index (χ0n) is 15.7. The fourth-order valence-corrected chi connectivity index (χ4v) is 3.41. The molecule has 0 fully saturated rings. The Balaban J connectivity index is 1.63. The lowest BCUT2D eigenvalue weighted by Gasteiger charge is -2.13. The highest BCUT2D eigenvalue weighted by Crippen LogP contribution is 2.36. The van der Waals surface area contributed by atoms with E-state index in [2.05, 4.69) is 31.3 Å². The first-order valence-electron chi connectivity index (χ1n) is 9.10. The summed E-state index contributed by atoms with van der Waals surface area (Å²) in [7, 11) is 1.64. The molecule has 7 nitrogen and oxygen atoms in total.